The summed E-state index contributed by atoms with van der Waals surface area (Å²) >= 11 is 1.70. The summed E-state index contributed by atoms with van der Waals surface area (Å²) in [5.74, 6) is 1.64. The predicted molar refractivity (Wildman–Crippen MR) is 70.5 cm³/mol. The summed E-state index contributed by atoms with van der Waals surface area (Å²) in [6.07, 6.45) is 0. The lowest BCUT2D eigenvalue weighted by molar-refractivity contribution is -0.117. The Morgan fingerprint density at radius 3 is 2.94 bits per heavy atom. The number of nitrogens with one attached hydrogen (secondary N) is 2. The first kappa shape index (κ1) is 12.3. The number of hydrogen-bond acceptors (Lipinski definition) is 4. The number of aryl methyl sites for hydroxylation is 2. The molecular weight excluding hydrogens is 236 g/mol. The van der Waals surface area contributed by atoms with Crippen LogP contribution >= 0.6 is 11.8 Å². The molecule has 2 rings (SSSR count). The van der Waals surface area contributed by atoms with Gasteiger partial charge < -0.3 is 10.4 Å². The summed E-state index contributed by atoms with van der Waals surface area (Å²) in [7, 11) is 0. The first-order chi connectivity index (χ1) is 8.08. The molecule has 1 saturated heterocycles. The molecule has 1 unspecified atom stereocenters. The van der Waals surface area contributed by atoms with Crippen LogP contribution in [0, 0.1) is 13.8 Å². The molecule has 5 heteroatoms. The Hall–Kier alpha value is -1.20. The number of amides is 1. The number of phenols is 1. The van der Waals surface area contributed by atoms with Crippen molar-refractivity contribution >= 4 is 23.4 Å². The number of hydrogen-bond donors (Lipinski definition) is 3. The highest BCUT2D eigenvalue weighted by atomic mass is 32.2. The molecule has 0 bridgehead atoms. The van der Waals surface area contributed by atoms with Crippen molar-refractivity contribution in [1.29, 1.82) is 0 Å². The average Bonchev–Trinajstić information content (AvgIpc) is 2.78. The van der Waals surface area contributed by atoms with Crippen LogP contribution in [0.15, 0.2) is 12.1 Å². The van der Waals surface area contributed by atoms with E-state index < -0.39 is 0 Å². The molecular formula is C12H16N2O2S. The highest BCUT2D eigenvalue weighted by molar-refractivity contribution is 7.99. The third-order valence-electron chi connectivity index (χ3n) is 2.74. The Morgan fingerprint density at radius 1 is 1.53 bits per heavy atom. The van der Waals surface area contributed by atoms with E-state index in [9.17, 15) is 9.90 Å². The van der Waals surface area contributed by atoms with Crippen LogP contribution in [0.25, 0.3) is 0 Å². The van der Waals surface area contributed by atoms with Gasteiger partial charge in [0.15, 0.2) is 0 Å². The number of benzene rings is 1. The molecule has 0 aliphatic carbocycles. The van der Waals surface area contributed by atoms with Gasteiger partial charge in [0.05, 0.1) is 11.7 Å². The lowest BCUT2D eigenvalue weighted by Crippen LogP contribution is -2.37. The second-order valence-electron chi connectivity index (χ2n) is 4.24. The molecule has 1 aliphatic heterocycles. The Labute approximate surface area is 105 Å². The Balaban J connectivity index is 2.15. The summed E-state index contributed by atoms with van der Waals surface area (Å²) in [6.45, 7) is 3.76. The minimum atomic E-state index is -0.166. The molecule has 3 N–H and O–H groups in total. The molecule has 1 aromatic carbocycles. The van der Waals surface area contributed by atoms with Crippen molar-refractivity contribution in [1.82, 2.24) is 5.32 Å². The van der Waals surface area contributed by atoms with Crippen LogP contribution in [0.3, 0.4) is 0 Å². The third-order valence-corrected chi connectivity index (χ3v) is 3.68. The Morgan fingerprint density at radius 2 is 2.29 bits per heavy atom. The van der Waals surface area contributed by atoms with Gasteiger partial charge in [-0.3, -0.25) is 10.1 Å². The van der Waals surface area contributed by atoms with Crippen molar-refractivity contribution in [2.45, 2.75) is 19.9 Å². The molecule has 0 radical (unpaired) electrons. The van der Waals surface area contributed by atoms with Gasteiger partial charge in [0.1, 0.15) is 5.75 Å². The van der Waals surface area contributed by atoms with Gasteiger partial charge in [0, 0.05) is 11.6 Å². The van der Waals surface area contributed by atoms with E-state index in [-0.39, 0.29) is 17.7 Å². The molecule has 1 heterocycles. The van der Waals surface area contributed by atoms with E-state index in [1.807, 2.05) is 19.9 Å². The summed E-state index contributed by atoms with van der Waals surface area (Å²) in [6, 6.07) is 3.50. The zero-order valence-electron chi connectivity index (χ0n) is 9.91. The highest BCUT2D eigenvalue weighted by Gasteiger charge is 2.23. The quantitative estimate of drug-likeness (QED) is 0.700. The van der Waals surface area contributed by atoms with E-state index in [2.05, 4.69) is 10.6 Å². The van der Waals surface area contributed by atoms with Crippen LogP contribution in [-0.2, 0) is 4.79 Å². The molecule has 1 amide bonds. The number of rotatable bonds is 2. The molecule has 0 spiro atoms. The molecule has 4 nitrogen and oxygen atoms in total. The number of carbonyl (C=O) groups is 1. The fourth-order valence-electron chi connectivity index (χ4n) is 1.84. The van der Waals surface area contributed by atoms with Crippen LogP contribution in [0.5, 0.6) is 5.75 Å². The van der Waals surface area contributed by atoms with Gasteiger partial charge in [0.25, 0.3) is 0 Å². The maximum Gasteiger partial charge on any atom is 0.242 e. The molecule has 1 fully saturated rings. The van der Waals surface area contributed by atoms with Gasteiger partial charge in [-0.2, -0.15) is 0 Å². The average molecular weight is 252 g/mol. The normalized spacial score (nSPS) is 19.3. The first-order valence-electron chi connectivity index (χ1n) is 5.50. The monoisotopic (exact) mass is 252 g/mol. The van der Waals surface area contributed by atoms with Gasteiger partial charge in [-0.1, -0.05) is 6.07 Å². The van der Waals surface area contributed by atoms with E-state index in [4.69, 9.17) is 0 Å². The molecule has 1 aromatic rings. The van der Waals surface area contributed by atoms with Crippen LogP contribution in [0.2, 0.25) is 0 Å². The molecule has 92 valence electrons. The largest absolute Gasteiger partial charge is 0.505 e. The predicted octanol–water partition coefficient (Wildman–Crippen LogP) is 1.61. The first-order valence-corrected chi connectivity index (χ1v) is 6.65. The Kier molecular flexibility index (Phi) is 3.59. The summed E-state index contributed by atoms with van der Waals surface area (Å²) in [5, 5.41) is 15.7. The molecule has 0 aromatic heterocycles. The van der Waals surface area contributed by atoms with Crippen LogP contribution in [-0.4, -0.2) is 28.7 Å². The fraction of sp³-hybridized carbons (Fsp3) is 0.417. The summed E-state index contributed by atoms with van der Waals surface area (Å²) in [5.41, 5.74) is 2.28. The molecule has 1 atom stereocenters. The van der Waals surface area contributed by atoms with E-state index in [1.54, 1.807) is 17.8 Å². The highest BCUT2D eigenvalue weighted by Crippen LogP contribution is 2.29. The summed E-state index contributed by atoms with van der Waals surface area (Å²) in [4.78, 5) is 11.9. The molecule has 0 saturated carbocycles. The van der Waals surface area contributed by atoms with Crippen LogP contribution in [0.4, 0.5) is 5.69 Å². The maximum absolute atomic E-state index is 11.9. The van der Waals surface area contributed by atoms with E-state index in [1.165, 1.54) is 0 Å². The number of aromatic hydroxyl groups is 1. The van der Waals surface area contributed by atoms with E-state index in [0.717, 1.165) is 22.8 Å². The van der Waals surface area contributed by atoms with Gasteiger partial charge in [-0.15, -0.1) is 11.8 Å². The molecule has 1 aliphatic rings. The Bertz CT molecular complexity index is 442. The van der Waals surface area contributed by atoms with Crippen LogP contribution < -0.4 is 10.6 Å². The maximum atomic E-state index is 11.9. The fourth-order valence-corrected chi connectivity index (χ4v) is 2.78. The van der Waals surface area contributed by atoms with Crippen molar-refractivity contribution in [3.8, 4) is 5.75 Å². The second kappa shape index (κ2) is 4.98. The lowest BCUT2D eigenvalue weighted by atomic mass is 10.1. The summed E-state index contributed by atoms with van der Waals surface area (Å²) < 4.78 is 0. The number of anilines is 1. The van der Waals surface area contributed by atoms with Crippen molar-refractivity contribution in [2.24, 2.45) is 0 Å². The van der Waals surface area contributed by atoms with Gasteiger partial charge in [-0.25, -0.2) is 0 Å². The lowest BCUT2D eigenvalue weighted by Gasteiger charge is -2.13. The van der Waals surface area contributed by atoms with E-state index in [0.29, 0.717) is 5.69 Å². The van der Waals surface area contributed by atoms with Crippen molar-refractivity contribution in [3.63, 3.8) is 0 Å². The van der Waals surface area contributed by atoms with Crippen LogP contribution in [0.1, 0.15) is 11.1 Å². The molecule has 17 heavy (non-hydrogen) atoms. The van der Waals surface area contributed by atoms with Crippen molar-refractivity contribution in [3.05, 3.63) is 23.3 Å². The minimum Gasteiger partial charge on any atom is -0.505 e. The number of thioether (sulfide) groups is 1. The van der Waals surface area contributed by atoms with Gasteiger partial charge in [-0.05, 0) is 31.0 Å². The smallest absolute Gasteiger partial charge is 0.242 e. The van der Waals surface area contributed by atoms with E-state index >= 15 is 0 Å². The standard InChI is InChI=1S/C12H16N2O2S/c1-7-3-8(2)11(15)9(4-7)14-12(16)10-5-17-6-13-10/h3-4,10,13,15H,5-6H2,1-2H3,(H,14,16). The zero-order valence-corrected chi connectivity index (χ0v) is 10.7. The number of carbonyl (C=O) groups excluding carboxylic acids is 1. The van der Waals surface area contributed by atoms with Crippen molar-refractivity contribution < 1.29 is 9.90 Å². The SMILES string of the molecule is Cc1cc(C)c(O)c(NC(=O)C2CSCN2)c1. The van der Waals surface area contributed by atoms with Crippen molar-refractivity contribution in [2.75, 3.05) is 16.9 Å². The second-order valence-corrected chi connectivity index (χ2v) is 5.27. The van der Waals surface area contributed by atoms with Gasteiger partial charge >= 0.3 is 0 Å². The van der Waals surface area contributed by atoms with Gasteiger partial charge in [0.2, 0.25) is 5.91 Å². The zero-order chi connectivity index (χ0) is 12.4. The minimum absolute atomic E-state index is 0.0877. The topological polar surface area (TPSA) is 61.4 Å². The third kappa shape index (κ3) is 2.73. The number of phenolic OH excluding ortho intramolecular Hbond substituents is 1.